The first kappa shape index (κ1) is 16.5. The quantitative estimate of drug-likeness (QED) is 0.849. The highest BCUT2D eigenvalue weighted by atomic mass is 35.7. The zero-order valence-corrected chi connectivity index (χ0v) is 13.9. The maximum Gasteiger partial charge on any atom is 0.261 e. The summed E-state index contributed by atoms with van der Waals surface area (Å²) in [5.74, 6) is -0.399. The molecule has 0 radical (unpaired) electrons. The summed E-state index contributed by atoms with van der Waals surface area (Å²) in [6.07, 6.45) is 0.693. The van der Waals surface area contributed by atoms with E-state index in [0.717, 1.165) is 0 Å². The Morgan fingerprint density at radius 2 is 2.10 bits per heavy atom. The van der Waals surface area contributed by atoms with Crippen LogP contribution in [0, 0.1) is 6.92 Å². The molecule has 1 saturated heterocycles. The van der Waals surface area contributed by atoms with Gasteiger partial charge in [0.25, 0.3) is 15.0 Å². The number of amides is 1. The normalized spacial score (nSPS) is 22.3. The number of carbonyl (C=O) groups excluding carboxylic acids is 1. The van der Waals surface area contributed by atoms with Gasteiger partial charge in [-0.05, 0) is 38.0 Å². The summed E-state index contributed by atoms with van der Waals surface area (Å²) >= 11 is 5.99. The van der Waals surface area contributed by atoms with Gasteiger partial charge in [0.15, 0.2) is 0 Å². The Labute approximate surface area is 133 Å². The van der Waals surface area contributed by atoms with Gasteiger partial charge in [0.2, 0.25) is 0 Å². The number of benzene rings is 1. The maximum absolute atomic E-state index is 12.4. The third-order valence-electron chi connectivity index (χ3n) is 3.48. The van der Waals surface area contributed by atoms with Crippen LogP contribution in [-0.4, -0.2) is 33.1 Å². The van der Waals surface area contributed by atoms with Crippen molar-refractivity contribution in [3.63, 3.8) is 0 Å². The van der Waals surface area contributed by atoms with Gasteiger partial charge in [0.1, 0.15) is 0 Å². The Balaban J connectivity index is 2.38. The van der Waals surface area contributed by atoms with Gasteiger partial charge in [-0.25, -0.2) is 8.42 Å². The molecule has 1 aliphatic rings. The molecule has 1 heterocycles. The summed E-state index contributed by atoms with van der Waals surface area (Å²) in [5.41, 5.74) is 0.224. The zero-order valence-electron chi connectivity index (χ0n) is 11.6. The summed E-state index contributed by atoms with van der Waals surface area (Å²) in [5, 5.41) is 3.03. The Hall–Kier alpha value is -0.820. The van der Waals surface area contributed by atoms with E-state index in [4.69, 9.17) is 27.0 Å². The van der Waals surface area contributed by atoms with Crippen molar-refractivity contribution in [3.8, 4) is 0 Å². The lowest BCUT2D eigenvalue weighted by atomic mass is 10.00. The Morgan fingerprint density at radius 1 is 1.43 bits per heavy atom. The maximum atomic E-state index is 12.4. The molecule has 1 aromatic carbocycles. The SMILES string of the molecule is Cc1c(Cl)cc(S(=O)(=O)Cl)cc1C(=O)NC1(C)CCOC1. The molecule has 8 heteroatoms. The molecule has 0 bridgehead atoms. The van der Waals surface area contributed by atoms with Crippen molar-refractivity contribution in [1.82, 2.24) is 5.32 Å². The third-order valence-corrected chi connectivity index (χ3v) is 5.20. The van der Waals surface area contributed by atoms with Crippen molar-refractivity contribution in [1.29, 1.82) is 0 Å². The van der Waals surface area contributed by atoms with Crippen molar-refractivity contribution < 1.29 is 17.9 Å². The van der Waals surface area contributed by atoms with Gasteiger partial charge < -0.3 is 10.1 Å². The van der Waals surface area contributed by atoms with E-state index in [9.17, 15) is 13.2 Å². The van der Waals surface area contributed by atoms with Crippen molar-refractivity contribution in [3.05, 3.63) is 28.3 Å². The molecule has 0 saturated carbocycles. The van der Waals surface area contributed by atoms with Gasteiger partial charge in [0.05, 0.1) is 17.0 Å². The summed E-state index contributed by atoms with van der Waals surface area (Å²) in [7, 11) is 1.36. The molecule has 1 unspecified atom stereocenters. The zero-order chi connectivity index (χ0) is 15.8. The largest absolute Gasteiger partial charge is 0.379 e. The monoisotopic (exact) mass is 351 g/mol. The van der Waals surface area contributed by atoms with Crippen LogP contribution >= 0.6 is 22.3 Å². The average molecular weight is 352 g/mol. The van der Waals surface area contributed by atoms with Crippen LogP contribution in [0.4, 0.5) is 0 Å². The molecular weight excluding hydrogens is 337 g/mol. The minimum Gasteiger partial charge on any atom is -0.379 e. The molecule has 1 aromatic rings. The molecule has 1 aliphatic heterocycles. The fourth-order valence-corrected chi connectivity index (χ4v) is 3.21. The van der Waals surface area contributed by atoms with Gasteiger partial charge in [0, 0.05) is 27.9 Å². The summed E-state index contributed by atoms with van der Waals surface area (Å²) < 4.78 is 28.1. The van der Waals surface area contributed by atoms with Gasteiger partial charge in [-0.2, -0.15) is 0 Å². The summed E-state index contributed by atoms with van der Waals surface area (Å²) in [6, 6.07) is 2.47. The molecule has 0 spiro atoms. The highest BCUT2D eigenvalue weighted by molar-refractivity contribution is 8.13. The van der Waals surface area contributed by atoms with Gasteiger partial charge in [-0.3, -0.25) is 4.79 Å². The van der Waals surface area contributed by atoms with E-state index in [1.54, 1.807) is 6.92 Å². The summed E-state index contributed by atoms with van der Waals surface area (Å²) in [6.45, 7) is 4.51. The van der Waals surface area contributed by atoms with E-state index in [1.165, 1.54) is 12.1 Å². The predicted molar refractivity (Wildman–Crippen MR) is 80.5 cm³/mol. The molecule has 0 aromatic heterocycles. The van der Waals surface area contributed by atoms with Crippen LogP contribution in [0.5, 0.6) is 0 Å². The third kappa shape index (κ3) is 3.69. The van der Waals surface area contributed by atoms with Crippen LogP contribution in [0.15, 0.2) is 17.0 Å². The lowest BCUT2D eigenvalue weighted by molar-refractivity contribution is 0.0889. The molecule has 1 amide bonds. The number of hydrogen-bond acceptors (Lipinski definition) is 4. The van der Waals surface area contributed by atoms with Crippen molar-refractivity contribution in [2.24, 2.45) is 0 Å². The minimum atomic E-state index is -3.96. The number of nitrogens with one attached hydrogen (secondary N) is 1. The molecule has 21 heavy (non-hydrogen) atoms. The molecular formula is C13H15Cl2NO4S. The van der Waals surface area contributed by atoms with E-state index in [0.29, 0.717) is 25.2 Å². The number of halogens is 2. The predicted octanol–water partition coefficient (Wildman–Crippen LogP) is 2.48. The Kier molecular flexibility index (Phi) is 4.54. The molecule has 1 fully saturated rings. The second-order valence-corrected chi connectivity index (χ2v) is 8.31. The van der Waals surface area contributed by atoms with E-state index in [2.05, 4.69) is 5.32 Å². The van der Waals surface area contributed by atoms with Crippen LogP contribution in [0.2, 0.25) is 5.02 Å². The molecule has 2 rings (SSSR count). The summed E-state index contributed by atoms with van der Waals surface area (Å²) in [4.78, 5) is 12.2. The Morgan fingerprint density at radius 3 is 2.62 bits per heavy atom. The van der Waals surface area contributed by atoms with Crippen LogP contribution < -0.4 is 5.32 Å². The van der Waals surface area contributed by atoms with Gasteiger partial charge >= 0.3 is 0 Å². The average Bonchev–Trinajstić information content (AvgIpc) is 2.77. The number of ether oxygens (including phenoxy) is 1. The molecule has 0 aliphatic carbocycles. The lowest BCUT2D eigenvalue weighted by Gasteiger charge is -2.24. The first-order valence-corrected chi connectivity index (χ1v) is 8.96. The molecule has 5 nitrogen and oxygen atoms in total. The van der Waals surface area contributed by atoms with Crippen molar-refractivity contribution in [2.75, 3.05) is 13.2 Å². The first-order valence-electron chi connectivity index (χ1n) is 6.27. The molecule has 1 N–H and O–H groups in total. The lowest BCUT2D eigenvalue weighted by Crippen LogP contribution is -2.46. The fourth-order valence-electron chi connectivity index (χ4n) is 2.14. The highest BCUT2D eigenvalue weighted by Crippen LogP contribution is 2.27. The van der Waals surface area contributed by atoms with Crippen LogP contribution in [0.25, 0.3) is 0 Å². The van der Waals surface area contributed by atoms with Crippen LogP contribution in [-0.2, 0) is 13.8 Å². The smallest absolute Gasteiger partial charge is 0.261 e. The van der Waals surface area contributed by atoms with E-state index < -0.39 is 20.5 Å². The fraction of sp³-hybridized carbons (Fsp3) is 0.462. The standard InChI is InChI=1S/C13H15Cl2NO4S/c1-8-10(5-9(6-11(8)14)21(15,18)19)12(17)16-13(2)3-4-20-7-13/h5-6H,3-4,7H2,1-2H3,(H,16,17). The number of hydrogen-bond donors (Lipinski definition) is 1. The van der Waals surface area contributed by atoms with Crippen LogP contribution in [0.1, 0.15) is 29.3 Å². The highest BCUT2D eigenvalue weighted by Gasteiger charge is 2.32. The molecule has 1 atom stereocenters. The second kappa shape index (κ2) is 5.76. The van der Waals surface area contributed by atoms with E-state index >= 15 is 0 Å². The number of rotatable bonds is 3. The number of carbonyl (C=O) groups is 1. The topological polar surface area (TPSA) is 72.5 Å². The molecule has 116 valence electrons. The van der Waals surface area contributed by atoms with Crippen molar-refractivity contribution in [2.45, 2.75) is 30.7 Å². The van der Waals surface area contributed by atoms with Gasteiger partial charge in [-0.15, -0.1) is 0 Å². The minimum absolute atomic E-state index is 0.176. The Bertz CT molecular complexity index is 682. The second-order valence-electron chi connectivity index (χ2n) is 5.33. The van der Waals surface area contributed by atoms with Crippen LogP contribution in [0.3, 0.4) is 0 Å². The van der Waals surface area contributed by atoms with E-state index in [-0.39, 0.29) is 15.5 Å². The first-order chi connectivity index (χ1) is 9.62. The van der Waals surface area contributed by atoms with Gasteiger partial charge in [-0.1, -0.05) is 11.6 Å². The van der Waals surface area contributed by atoms with Crippen molar-refractivity contribution >= 4 is 37.2 Å². The van der Waals surface area contributed by atoms with E-state index in [1.807, 2.05) is 6.92 Å².